The zero-order chi connectivity index (χ0) is 20.4. The summed E-state index contributed by atoms with van der Waals surface area (Å²) in [5.41, 5.74) is 0.459. The van der Waals surface area contributed by atoms with Gasteiger partial charge in [-0.25, -0.2) is 4.39 Å². The molecule has 0 saturated carbocycles. The normalized spacial score (nSPS) is 12.2. The van der Waals surface area contributed by atoms with Gasteiger partial charge in [-0.1, -0.05) is 29.3 Å². The highest BCUT2D eigenvalue weighted by Gasteiger charge is 2.15. The Hall–Kier alpha value is -2.41. The summed E-state index contributed by atoms with van der Waals surface area (Å²) >= 11 is 11.9. The van der Waals surface area contributed by atoms with E-state index in [1.165, 1.54) is 22.8 Å². The van der Waals surface area contributed by atoms with Gasteiger partial charge in [0.15, 0.2) is 0 Å². The fraction of sp³-hybridized carbons (Fsp3) is 0.200. The van der Waals surface area contributed by atoms with Crippen LogP contribution < -0.4 is 10.9 Å². The molecule has 2 N–H and O–H groups in total. The predicted molar refractivity (Wildman–Crippen MR) is 109 cm³/mol. The fourth-order valence-electron chi connectivity index (χ4n) is 2.89. The molecule has 1 amide bonds. The number of rotatable bonds is 5. The number of anilines is 1. The molecule has 0 fully saturated rings. The summed E-state index contributed by atoms with van der Waals surface area (Å²) in [7, 11) is 0. The second-order valence-electron chi connectivity index (χ2n) is 6.42. The topological polar surface area (TPSA) is 71.3 Å². The van der Waals surface area contributed by atoms with E-state index in [0.717, 1.165) is 0 Å². The lowest BCUT2D eigenvalue weighted by Crippen LogP contribution is -2.25. The van der Waals surface area contributed by atoms with Crippen molar-refractivity contribution in [1.29, 1.82) is 0 Å². The van der Waals surface area contributed by atoms with Crippen LogP contribution >= 0.6 is 23.2 Å². The molecule has 8 heteroatoms. The molecule has 0 aliphatic carbocycles. The summed E-state index contributed by atoms with van der Waals surface area (Å²) in [6, 6.07) is 8.51. The van der Waals surface area contributed by atoms with Crippen LogP contribution in [0.4, 0.5) is 10.1 Å². The second-order valence-corrected chi connectivity index (χ2v) is 7.23. The molecule has 0 aliphatic heterocycles. The van der Waals surface area contributed by atoms with Gasteiger partial charge >= 0.3 is 0 Å². The van der Waals surface area contributed by atoms with E-state index < -0.39 is 11.7 Å². The Balaban J connectivity index is 1.94. The number of nitrogens with one attached hydrogen (secondary N) is 1. The molecule has 0 saturated heterocycles. The molecule has 146 valence electrons. The standard InChI is InChI=1S/C20H17Cl2FN2O3/c1-11(10-26)25-7-6-13-14(20(25)28)3-5-16(22)19(13)24-18(27)9-12-2-4-15(21)17(23)8-12/h2-8,11,26H,9-10H2,1H3,(H,24,27)/t11-/m1/s1. The maximum atomic E-state index is 13.6. The van der Waals surface area contributed by atoms with E-state index in [4.69, 9.17) is 23.2 Å². The minimum Gasteiger partial charge on any atom is -0.394 e. The highest BCUT2D eigenvalue weighted by atomic mass is 35.5. The van der Waals surface area contributed by atoms with Crippen molar-refractivity contribution in [2.24, 2.45) is 0 Å². The number of hydrogen-bond acceptors (Lipinski definition) is 3. The molecule has 0 unspecified atom stereocenters. The summed E-state index contributed by atoms with van der Waals surface area (Å²) in [6.45, 7) is 1.54. The van der Waals surface area contributed by atoms with Crippen LogP contribution in [0.5, 0.6) is 0 Å². The molecule has 2 aromatic carbocycles. The number of pyridine rings is 1. The minimum absolute atomic E-state index is 0.0188. The van der Waals surface area contributed by atoms with Crippen molar-refractivity contribution < 1.29 is 14.3 Å². The molecule has 28 heavy (non-hydrogen) atoms. The number of benzene rings is 2. The van der Waals surface area contributed by atoms with Gasteiger partial charge in [-0.05, 0) is 42.8 Å². The van der Waals surface area contributed by atoms with Gasteiger partial charge in [0.1, 0.15) is 5.82 Å². The number of aromatic nitrogens is 1. The van der Waals surface area contributed by atoms with Crippen molar-refractivity contribution in [2.45, 2.75) is 19.4 Å². The third-order valence-electron chi connectivity index (χ3n) is 4.41. The van der Waals surface area contributed by atoms with Gasteiger partial charge in [-0.3, -0.25) is 9.59 Å². The van der Waals surface area contributed by atoms with Crippen LogP contribution in [0.3, 0.4) is 0 Å². The number of aliphatic hydroxyl groups is 1. The summed E-state index contributed by atoms with van der Waals surface area (Å²) < 4.78 is 15.0. The Kier molecular flexibility index (Phi) is 6.03. The molecular formula is C20H17Cl2FN2O3. The monoisotopic (exact) mass is 422 g/mol. The zero-order valence-electron chi connectivity index (χ0n) is 14.9. The zero-order valence-corrected chi connectivity index (χ0v) is 16.4. The van der Waals surface area contributed by atoms with Crippen molar-refractivity contribution in [2.75, 3.05) is 11.9 Å². The Morgan fingerprint density at radius 1 is 1.18 bits per heavy atom. The van der Waals surface area contributed by atoms with Crippen molar-refractivity contribution >= 4 is 45.6 Å². The van der Waals surface area contributed by atoms with Crippen LogP contribution in [0.1, 0.15) is 18.5 Å². The number of amides is 1. The first-order chi connectivity index (χ1) is 13.3. The third kappa shape index (κ3) is 4.04. The highest BCUT2D eigenvalue weighted by molar-refractivity contribution is 6.35. The molecule has 0 spiro atoms. The Bertz CT molecular complexity index is 1110. The number of carbonyl (C=O) groups is 1. The number of halogens is 3. The van der Waals surface area contributed by atoms with E-state index >= 15 is 0 Å². The van der Waals surface area contributed by atoms with Gasteiger partial charge in [0.25, 0.3) is 5.56 Å². The van der Waals surface area contributed by atoms with Crippen molar-refractivity contribution in [3.63, 3.8) is 0 Å². The largest absolute Gasteiger partial charge is 0.394 e. The van der Waals surface area contributed by atoms with Crippen molar-refractivity contribution in [1.82, 2.24) is 4.57 Å². The number of fused-ring (bicyclic) bond motifs is 1. The lowest BCUT2D eigenvalue weighted by molar-refractivity contribution is -0.115. The van der Waals surface area contributed by atoms with Crippen LogP contribution in [-0.4, -0.2) is 22.2 Å². The van der Waals surface area contributed by atoms with E-state index in [9.17, 15) is 19.1 Å². The van der Waals surface area contributed by atoms with Crippen LogP contribution in [0.15, 0.2) is 47.4 Å². The van der Waals surface area contributed by atoms with Crippen LogP contribution in [0, 0.1) is 5.82 Å². The number of nitrogens with zero attached hydrogens (tertiary/aromatic N) is 1. The molecule has 0 bridgehead atoms. The van der Waals surface area contributed by atoms with E-state index in [1.54, 1.807) is 31.3 Å². The number of hydrogen-bond donors (Lipinski definition) is 2. The van der Waals surface area contributed by atoms with Gasteiger partial charge in [0.2, 0.25) is 5.91 Å². The number of aliphatic hydroxyl groups excluding tert-OH is 1. The predicted octanol–water partition coefficient (Wildman–Crippen LogP) is 4.18. The average Bonchev–Trinajstić information content (AvgIpc) is 2.66. The molecule has 1 atom stereocenters. The molecule has 0 aliphatic rings. The Labute approximate surface area is 170 Å². The van der Waals surface area contributed by atoms with Crippen molar-refractivity contribution in [3.8, 4) is 0 Å². The molecule has 1 heterocycles. The van der Waals surface area contributed by atoms with Gasteiger partial charge in [-0.2, -0.15) is 0 Å². The van der Waals surface area contributed by atoms with Crippen LogP contribution in [0.25, 0.3) is 10.8 Å². The quantitative estimate of drug-likeness (QED) is 0.647. The summed E-state index contributed by atoms with van der Waals surface area (Å²) in [6.07, 6.45) is 1.46. The number of carbonyl (C=O) groups excluding carboxylic acids is 1. The molecular weight excluding hydrogens is 406 g/mol. The average molecular weight is 423 g/mol. The summed E-state index contributed by atoms with van der Waals surface area (Å²) in [5.74, 6) is -1.02. The first-order valence-electron chi connectivity index (χ1n) is 8.49. The molecule has 5 nitrogen and oxygen atoms in total. The lowest BCUT2D eigenvalue weighted by Gasteiger charge is -2.15. The second kappa shape index (κ2) is 8.31. The van der Waals surface area contributed by atoms with Crippen LogP contribution in [0.2, 0.25) is 10.0 Å². The van der Waals surface area contributed by atoms with Gasteiger partial charge in [0, 0.05) is 17.0 Å². The first kappa shape index (κ1) is 20.3. The van der Waals surface area contributed by atoms with Gasteiger partial charge < -0.3 is 15.0 Å². The molecule has 3 aromatic rings. The smallest absolute Gasteiger partial charge is 0.258 e. The van der Waals surface area contributed by atoms with E-state index in [0.29, 0.717) is 22.0 Å². The Morgan fingerprint density at radius 2 is 1.89 bits per heavy atom. The lowest BCUT2D eigenvalue weighted by atomic mass is 10.1. The van der Waals surface area contributed by atoms with E-state index in [-0.39, 0.29) is 34.7 Å². The fourth-order valence-corrected chi connectivity index (χ4v) is 3.22. The minimum atomic E-state index is -0.603. The maximum Gasteiger partial charge on any atom is 0.258 e. The molecule has 1 aromatic heterocycles. The maximum absolute atomic E-state index is 13.6. The SMILES string of the molecule is C[C@H](CO)n1ccc2c(NC(=O)Cc3ccc(Cl)c(F)c3)c(Cl)ccc2c1=O. The Morgan fingerprint density at radius 3 is 2.57 bits per heavy atom. The molecule has 0 radical (unpaired) electrons. The summed E-state index contributed by atoms with van der Waals surface area (Å²) in [4.78, 5) is 25.1. The van der Waals surface area contributed by atoms with Gasteiger partial charge in [0.05, 0.1) is 34.8 Å². The van der Waals surface area contributed by atoms with Crippen LogP contribution in [-0.2, 0) is 11.2 Å². The van der Waals surface area contributed by atoms with Gasteiger partial charge in [-0.15, -0.1) is 0 Å². The summed E-state index contributed by atoms with van der Waals surface area (Å²) in [5, 5.41) is 13.1. The molecule has 3 rings (SSSR count). The van der Waals surface area contributed by atoms with E-state index in [1.807, 2.05) is 0 Å². The highest BCUT2D eigenvalue weighted by Crippen LogP contribution is 2.30. The third-order valence-corrected chi connectivity index (χ3v) is 5.04. The first-order valence-corrected chi connectivity index (χ1v) is 9.25. The van der Waals surface area contributed by atoms with Crippen molar-refractivity contribution in [3.05, 3.63) is 74.4 Å². The van der Waals surface area contributed by atoms with E-state index in [2.05, 4.69) is 5.32 Å².